The molecule has 0 aliphatic carbocycles. The van der Waals surface area contributed by atoms with Gasteiger partial charge in [-0.2, -0.15) is 0 Å². The zero-order valence-electron chi connectivity index (χ0n) is 12.9. The first-order chi connectivity index (χ1) is 11.0. The van der Waals surface area contributed by atoms with Crippen molar-refractivity contribution >= 4 is 5.91 Å². The van der Waals surface area contributed by atoms with Gasteiger partial charge in [-0.1, -0.05) is 30.3 Å². The van der Waals surface area contributed by atoms with Gasteiger partial charge in [0.05, 0.1) is 12.2 Å². The van der Waals surface area contributed by atoms with Gasteiger partial charge in [-0.05, 0) is 36.6 Å². The number of halogens is 2. The molecule has 0 fully saturated rings. The van der Waals surface area contributed by atoms with Gasteiger partial charge in [0.2, 0.25) is 0 Å². The fraction of sp³-hybridized carbons (Fsp3) is 0.278. The molecule has 0 aliphatic rings. The van der Waals surface area contributed by atoms with Gasteiger partial charge in [-0.25, -0.2) is 8.78 Å². The lowest BCUT2D eigenvalue weighted by Gasteiger charge is -2.22. The van der Waals surface area contributed by atoms with E-state index in [0.29, 0.717) is 13.0 Å². The molecule has 3 nitrogen and oxygen atoms in total. The summed E-state index contributed by atoms with van der Waals surface area (Å²) in [5.74, 6) is -2.00. The maximum atomic E-state index is 14.0. The fourth-order valence-corrected chi connectivity index (χ4v) is 2.32. The van der Waals surface area contributed by atoms with Crippen molar-refractivity contribution in [2.24, 2.45) is 0 Å². The predicted octanol–water partition coefficient (Wildman–Crippen LogP) is 2.95. The van der Waals surface area contributed by atoms with Crippen LogP contribution < -0.4 is 0 Å². The summed E-state index contributed by atoms with van der Waals surface area (Å²) < 4.78 is 27.6. The molecule has 0 atom stereocenters. The van der Waals surface area contributed by atoms with Crippen LogP contribution in [-0.4, -0.2) is 35.6 Å². The van der Waals surface area contributed by atoms with Gasteiger partial charge in [0.15, 0.2) is 0 Å². The Hall–Kier alpha value is -2.27. The minimum atomic E-state index is -0.753. The van der Waals surface area contributed by atoms with Gasteiger partial charge in [0.25, 0.3) is 5.91 Å². The second kappa shape index (κ2) is 7.83. The molecular formula is C18H19F2NO2. The third-order valence-corrected chi connectivity index (χ3v) is 3.65. The van der Waals surface area contributed by atoms with Gasteiger partial charge in [-0.3, -0.25) is 4.79 Å². The van der Waals surface area contributed by atoms with Crippen molar-refractivity contribution in [2.75, 3.05) is 19.7 Å². The summed E-state index contributed by atoms with van der Waals surface area (Å²) in [6.07, 6.45) is 0.572. The van der Waals surface area contributed by atoms with Crippen LogP contribution in [-0.2, 0) is 6.42 Å². The molecule has 2 aromatic rings. The van der Waals surface area contributed by atoms with E-state index >= 15 is 0 Å². The fourth-order valence-electron chi connectivity index (χ4n) is 2.32. The first kappa shape index (κ1) is 17.1. The number of carbonyl (C=O) groups is 1. The van der Waals surface area contributed by atoms with Gasteiger partial charge >= 0.3 is 0 Å². The number of benzene rings is 2. The largest absolute Gasteiger partial charge is 0.395 e. The Kier molecular flexibility index (Phi) is 5.82. The van der Waals surface area contributed by atoms with E-state index in [-0.39, 0.29) is 24.3 Å². The number of carbonyl (C=O) groups excluding carboxylic acids is 1. The smallest absolute Gasteiger partial charge is 0.257 e. The van der Waals surface area contributed by atoms with Crippen molar-refractivity contribution < 1.29 is 18.7 Å². The van der Waals surface area contributed by atoms with Crippen LogP contribution in [0.1, 0.15) is 21.5 Å². The highest BCUT2D eigenvalue weighted by Gasteiger charge is 2.20. The highest BCUT2D eigenvalue weighted by atomic mass is 19.1. The summed E-state index contributed by atoms with van der Waals surface area (Å²) in [5.41, 5.74) is 0.866. The zero-order valence-corrected chi connectivity index (χ0v) is 12.9. The number of nitrogens with zero attached hydrogens (tertiary/aromatic N) is 1. The van der Waals surface area contributed by atoms with Crippen LogP contribution in [0, 0.1) is 18.6 Å². The van der Waals surface area contributed by atoms with Gasteiger partial charge in [-0.15, -0.1) is 0 Å². The van der Waals surface area contributed by atoms with Gasteiger partial charge < -0.3 is 10.0 Å². The Morgan fingerprint density at radius 1 is 1.09 bits per heavy atom. The molecule has 2 aromatic carbocycles. The Bertz CT molecular complexity index is 674. The summed E-state index contributed by atoms with van der Waals surface area (Å²) >= 11 is 0. The topological polar surface area (TPSA) is 40.5 Å². The SMILES string of the molecule is Cc1cc(F)c(C(=O)N(CCO)CCc2ccccc2)cc1F. The van der Waals surface area contributed by atoms with E-state index in [1.165, 1.54) is 11.8 Å². The van der Waals surface area contributed by atoms with Crippen LogP contribution in [0.25, 0.3) is 0 Å². The minimum Gasteiger partial charge on any atom is -0.395 e. The molecule has 0 unspecified atom stereocenters. The van der Waals surface area contributed by atoms with Crippen LogP contribution in [0.5, 0.6) is 0 Å². The van der Waals surface area contributed by atoms with E-state index in [4.69, 9.17) is 5.11 Å². The number of hydrogen-bond donors (Lipinski definition) is 1. The number of hydrogen-bond acceptors (Lipinski definition) is 2. The molecule has 0 heterocycles. The summed E-state index contributed by atoms with van der Waals surface area (Å²) in [5, 5.41) is 9.14. The molecule has 1 amide bonds. The zero-order chi connectivity index (χ0) is 16.8. The molecular weight excluding hydrogens is 300 g/mol. The lowest BCUT2D eigenvalue weighted by Crippen LogP contribution is -2.36. The maximum absolute atomic E-state index is 14.0. The number of amides is 1. The van der Waals surface area contributed by atoms with Crippen molar-refractivity contribution in [3.63, 3.8) is 0 Å². The molecule has 0 bridgehead atoms. The van der Waals surface area contributed by atoms with Crippen LogP contribution in [0.3, 0.4) is 0 Å². The Balaban J connectivity index is 2.16. The van der Waals surface area contributed by atoms with E-state index in [0.717, 1.165) is 17.7 Å². The monoisotopic (exact) mass is 319 g/mol. The summed E-state index contributed by atoms with van der Waals surface area (Å²) in [7, 11) is 0. The summed E-state index contributed by atoms with van der Waals surface area (Å²) in [4.78, 5) is 13.8. The average Bonchev–Trinajstić information content (AvgIpc) is 2.55. The molecule has 2 rings (SSSR count). The van der Waals surface area contributed by atoms with E-state index in [2.05, 4.69) is 0 Å². The average molecular weight is 319 g/mol. The van der Waals surface area contributed by atoms with Crippen molar-refractivity contribution in [2.45, 2.75) is 13.3 Å². The predicted molar refractivity (Wildman–Crippen MR) is 84.2 cm³/mol. The molecule has 1 N–H and O–H groups in total. The lowest BCUT2D eigenvalue weighted by atomic mass is 10.1. The van der Waals surface area contributed by atoms with Crippen molar-refractivity contribution in [3.8, 4) is 0 Å². The molecule has 0 aliphatic heterocycles. The standard InChI is InChI=1S/C18H19F2NO2/c1-13-11-17(20)15(12-16(13)19)18(23)21(9-10-22)8-7-14-5-3-2-4-6-14/h2-6,11-12,22H,7-10H2,1H3. The second-order valence-electron chi connectivity index (χ2n) is 5.33. The van der Waals surface area contributed by atoms with E-state index in [1.54, 1.807) is 0 Å². The molecule has 0 radical (unpaired) electrons. The molecule has 0 saturated carbocycles. The van der Waals surface area contributed by atoms with Crippen molar-refractivity contribution in [3.05, 3.63) is 70.8 Å². The summed E-state index contributed by atoms with van der Waals surface area (Å²) in [6.45, 7) is 1.59. The van der Waals surface area contributed by atoms with Crippen LogP contribution >= 0.6 is 0 Å². The highest BCUT2D eigenvalue weighted by Crippen LogP contribution is 2.16. The van der Waals surface area contributed by atoms with E-state index < -0.39 is 17.5 Å². The Morgan fingerprint density at radius 2 is 1.78 bits per heavy atom. The number of rotatable bonds is 6. The quantitative estimate of drug-likeness (QED) is 0.889. The van der Waals surface area contributed by atoms with Gasteiger partial charge in [0.1, 0.15) is 11.6 Å². The molecule has 122 valence electrons. The van der Waals surface area contributed by atoms with Crippen molar-refractivity contribution in [1.29, 1.82) is 0 Å². The van der Waals surface area contributed by atoms with Crippen LogP contribution in [0.15, 0.2) is 42.5 Å². The van der Waals surface area contributed by atoms with E-state index in [9.17, 15) is 13.6 Å². The lowest BCUT2D eigenvalue weighted by molar-refractivity contribution is 0.0718. The third-order valence-electron chi connectivity index (χ3n) is 3.65. The normalized spacial score (nSPS) is 10.6. The molecule has 5 heteroatoms. The number of aryl methyl sites for hydroxylation is 1. The Labute approximate surface area is 134 Å². The molecule has 0 spiro atoms. The first-order valence-corrected chi connectivity index (χ1v) is 7.42. The molecule has 0 saturated heterocycles. The van der Waals surface area contributed by atoms with Crippen molar-refractivity contribution in [1.82, 2.24) is 4.90 Å². The summed E-state index contributed by atoms with van der Waals surface area (Å²) in [6, 6.07) is 11.5. The highest BCUT2D eigenvalue weighted by molar-refractivity contribution is 5.94. The van der Waals surface area contributed by atoms with Gasteiger partial charge in [0, 0.05) is 13.1 Å². The van der Waals surface area contributed by atoms with E-state index in [1.807, 2.05) is 30.3 Å². The first-order valence-electron chi connectivity index (χ1n) is 7.42. The minimum absolute atomic E-state index is 0.0700. The maximum Gasteiger partial charge on any atom is 0.257 e. The Morgan fingerprint density at radius 3 is 2.43 bits per heavy atom. The third kappa shape index (κ3) is 4.36. The number of aliphatic hydroxyl groups excluding tert-OH is 1. The number of aliphatic hydroxyl groups is 1. The molecule has 23 heavy (non-hydrogen) atoms. The van der Waals surface area contributed by atoms with Crippen LogP contribution in [0.2, 0.25) is 0 Å². The molecule has 0 aromatic heterocycles. The van der Waals surface area contributed by atoms with Crippen LogP contribution in [0.4, 0.5) is 8.78 Å². The second-order valence-corrected chi connectivity index (χ2v) is 5.33.